The average molecular weight is 464 g/mol. The minimum atomic E-state index is -4.65. The molecular weight excluding hydrogens is 437 g/mol. The number of alkyl halides is 3. The number of carbonyl (C=O) groups excluding carboxylic acids is 1. The molecule has 1 amide bonds. The molecule has 0 bridgehead atoms. The van der Waals surface area contributed by atoms with Crippen molar-refractivity contribution in [2.24, 2.45) is 5.92 Å². The van der Waals surface area contributed by atoms with Crippen LogP contribution in [-0.2, 0) is 11.0 Å². The molecule has 1 aliphatic heterocycles. The first kappa shape index (κ1) is 24.5. The minimum absolute atomic E-state index is 0.0186. The molecule has 0 radical (unpaired) electrons. The second-order valence-electron chi connectivity index (χ2n) is 8.35. The van der Waals surface area contributed by atoms with Gasteiger partial charge in [0.2, 0.25) is 5.91 Å². The summed E-state index contributed by atoms with van der Waals surface area (Å²) in [4.78, 5) is 27.0. The highest BCUT2D eigenvalue weighted by Crippen LogP contribution is 2.37. The van der Waals surface area contributed by atoms with Crippen molar-refractivity contribution in [2.45, 2.75) is 25.1 Å². The summed E-state index contributed by atoms with van der Waals surface area (Å²) in [6.45, 7) is 1.14. The maximum absolute atomic E-state index is 12.9. The van der Waals surface area contributed by atoms with Gasteiger partial charge in [0.25, 0.3) is 5.69 Å². The Labute approximate surface area is 190 Å². The summed E-state index contributed by atoms with van der Waals surface area (Å²) in [5, 5.41) is 14.4. The molecule has 1 aliphatic rings. The predicted octanol–water partition coefficient (Wildman–Crippen LogP) is 4.25. The van der Waals surface area contributed by atoms with E-state index in [4.69, 9.17) is 0 Å². The molecule has 178 valence electrons. The van der Waals surface area contributed by atoms with Crippen molar-refractivity contribution in [2.75, 3.05) is 38.6 Å². The van der Waals surface area contributed by atoms with E-state index in [0.717, 1.165) is 17.7 Å². The van der Waals surface area contributed by atoms with Crippen LogP contribution in [0.4, 0.5) is 24.5 Å². The van der Waals surface area contributed by atoms with Crippen molar-refractivity contribution in [1.82, 2.24) is 10.2 Å². The summed E-state index contributed by atoms with van der Waals surface area (Å²) >= 11 is 0. The number of amides is 1. The smallest absolute Gasteiger partial charge is 0.366 e. The Morgan fingerprint density at radius 1 is 1.18 bits per heavy atom. The highest BCUT2D eigenvalue weighted by atomic mass is 19.4. The lowest BCUT2D eigenvalue weighted by atomic mass is 9.95. The fourth-order valence-corrected chi connectivity index (χ4v) is 4.11. The third-order valence-corrected chi connectivity index (χ3v) is 5.98. The number of nitro benzene ring substituents is 1. The van der Waals surface area contributed by atoms with Crippen LogP contribution >= 0.6 is 0 Å². The summed E-state index contributed by atoms with van der Waals surface area (Å²) in [5.41, 5.74) is -0.402. The number of halogens is 3. The number of anilines is 1. The van der Waals surface area contributed by atoms with Crippen LogP contribution in [0, 0.1) is 16.0 Å². The van der Waals surface area contributed by atoms with Gasteiger partial charge >= 0.3 is 6.18 Å². The first-order chi connectivity index (χ1) is 15.6. The van der Waals surface area contributed by atoms with Gasteiger partial charge in [-0.05, 0) is 44.6 Å². The molecule has 1 heterocycles. The summed E-state index contributed by atoms with van der Waals surface area (Å²) < 4.78 is 38.8. The molecule has 3 rings (SSSR count). The van der Waals surface area contributed by atoms with Crippen LogP contribution in [0.3, 0.4) is 0 Å². The predicted molar refractivity (Wildman–Crippen MR) is 119 cm³/mol. The van der Waals surface area contributed by atoms with Crippen LogP contribution in [0.1, 0.15) is 30.0 Å². The van der Waals surface area contributed by atoms with Gasteiger partial charge < -0.3 is 15.1 Å². The van der Waals surface area contributed by atoms with Crippen LogP contribution in [0.5, 0.6) is 0 Å². The molecule has 7 nitrogen and oxygen atoms in total. The van der Waals surface area contributed by atoms with Crippen LogP contribution in [0.2, 0.25) is 0 Å². The van der Waals surface area contributed by atoms with Gasteiger partial charge in [-0.15, -0.1) is 0 Å². The van der Waals surface area contributed by atoms with Crippen LogP contribution in [-0.4, -0.2) is 49.5 Å². The number of hydrogen-bond donors (Lipinski definition) is 1. The van der Waals surface area contributed by atoms with Crippen molar-refractivity contribution in [3.8, 4) is 0 Å². The molecule has 0 spiro atoms. The molecule has 2 aromatic rings. The first-order valence-electron chi connectivity index (χ1n) is 10.7. The van der Waals surface area contributed by atoms with Gasteiger partial charge in [0.05, 0.1) is 16.5 Å². The van der Waals surface area contributed by atoms with E-state index < -0.39 is 22.4 Å². The molecule has 33 heavy (non-hydrogen) atoms. The molecule has 0 aromatic heterocycles. The lowest BCUT2D eigenvalue weighted by Crippen LogP contribution is -2.43. The SMILES string of the molecule is CN(C)C(CNC(=O)C1CCN(c2ccc(C(F)(F)F)cc2[N+](=O)[O-])CC1)c1ccccc1. The van der Waals surface area contributed by atoms with Crippen molar-refractivity contribution >= 4 is 17.3 Å². The van der Waals surface area contributed by atoms with E-state index in [1.165, 1.54) is 0 Å². The molecule has 1 atom stereocenters. The number of nitrogens with one attached hydrogen (secondary N) is 1. The van der Waals surface area contributed by atoms with E-state index in [1.807, 2.05) is 49.3 Å². The van der Waals surface area contributed by atoms with E-state index >= 15 is 0 Å². The minimum Gasteiger partial charge on any atom is -0.366 e. The van der Waals surface area contributed by atoms with Crippen molar-refractivity contribution in [3.05, 3.63) is 69.8 Å². The molecule has 0 saturated carbocycles. The summed E-state index contributed by atoms with van der Waals surface area (Å²) in [7, 11) is 3.89. The molecular formula is C23H27F3N4O3. The van der Waals surface area contributed by atoms with E-state index in [0.29, 0.717) is 38.5 Å². The fourth-order valence-electron chi connectivity index (χ4n) is 4.11. The Bertz CT molecular complexity index is 975. The molecule has 1 unspecified atom stereocenters. The topological polar surface area (TPSA) is 78.7 Å². The zero-order valence-electron chi connectivity index (χ0n) is 18.5. The standard InChI is InChI=1S/C23H27F3N4O3/c1-28(2)21(16-6-4-3-5-7-16)15-27-22(31)17-10-12-29(13-11-17)19-9-8-18(23(24,25)26)14-20(19)30(32)33/h3-9,14,17,21H,10-13,15H2,1-2H3,(H,27,31). The zero-order chi connectivity index (χ0) is 24.2. The van der Waals surface area contributed by atoms with E-state index in [1.54, 1.807) is 4.90 Å². The fraction of sp³-hybridized carbons (Fsp3) is 0.435. The number of hydrogen-bond acceptors (Lipinski definition) is 5. The number of nitro groups is 1. The maximum atomic E-state index is 12.9. The third kappa shape index (κ3) is 6.01. The number of rotatable bonds is 7. The second kappa shape index (κ2) is 10.2. The monoisotopic (exact) mass is 464 g/mol. The Morgan fingerprint density at radius 2 is 1.82 bits per heavy atom. The van der Waals surface area contributed by atoms with Crippen LogP contribution in [0.15, 0.2) is 48.5 Å². The Balaban J connectivity index is 1.61. The summed E-state index contributed by atoms with van der Waals surface area (Å²) in [6, 6.07) is 12.4. The summed E-state index contributed by atoms with van der Waals surface area (Å²) in [6.07, 6.45) is -3.73. The Hall–Kier alpha value is -3.14. The van der Waals surface area contributed by atoms with Gasteiger partial charge in [0, 0.05) is 31.6 Å². The van der Waals surface area contributed by atoms with E-state index in [-0.39, 0.29) is 23.6 Å². The van der Waals surface area contributed by atoms with Gasteiger partial charge in [-0.25, -0.2) is 0 Å². The van der Waals surface area contributed by atoms with E-state index in [9.17, 15) is 28.1 Å². The number of likely N-dealkylation sites (N-methyl/N-ethyl adjacent to an activating group) is 1. The second-order valence-corrected chi connectivity index (χ2v) is 8.35. The number of carbonyl (C=O) groups is 1. The molecule has 1 saturated heterocycles. The Kier molecular flexibility index (Phi) is 7.57. The van der Waals surface area contributed by atoms with Gasteiger partial charge in [-0.3, -0.25) is 14.9 Å². The zero-order valence-corrected chi connectivity index (χ0v) is 18.5. The van der Waals surface area contributed by atoms with E-state index in [2.05, 4.69) is 5.32 Å². The maximum Gasteiger partial charge on any atom is 0.416 e. The highest BCUT2D eigenvalue weighted by Gasteiger charge is 2.35. The molecule has 1 N–H and O–H groups in total. The van der Waals surface area contributed by atoms with Crippen molar-refractivity contribution in [1.29, 1.82) is 0 Å². The van der Waals surface area contributed by atoms with Crippen molar-refractivity contribution < 1.29 is 22.9 Å². The Morgan fingerprint density at radius 3 is 2.36 bits per heavy atom. The van der Waals surface area contributed by atoms with Crippen LogP contribution in [0.25, 0.3) is 0 Å². The third-order valence-electron chi connectivity index (χ3n) is 5.98. The van der Waals surface area contributed by atoms with Gasteiger partial charge in [-0.1, -0.05) is 30.3 Å². The quantitative estimate of drug-likeness (QED) is 0.490. The first-order valence-corrected chi connectivity index (χ1v) is 10.7. The molecule has 2 aromatic carbocycles. The normalized spacial score (nSPS) is 16.0. The molecule has 1 fully saturated rings. The average Bonchev–Trinajstić information content (AvgIpc) is 2.78. The van der Waals surface area contributed by atoms with Gasteiger partial charge in [-0.2, -0.15) is 13.2 Å². The van der Waals surface area contributed by atoms with Crippen molar-refractivity contribution in [3.63, 3.8) is 0 Å². The molecule has 10 heteroatoms. The van der Waals surface area contributed by atoms with Crippen LogP contribution < -0.4 is 10.2 Å². The lowest BCUT2D eigenvalue weighted by Gasteiger charge is -2.33. The number of piperidine rings is 1. The van der Waals surface area contributed by atoms with Gasteiger partial charge in [0.15, 0.2) is 0 Å². The van der Waals surface area contributed by atoms with Gasteiger partial charge in [0.1, 0.15) is 5.69 Å². The molecule has 0 aliphatic carbocycles. The number of nitrogens with zero attached hydrogens (tertiary/aromatic N) is 3. The largest absolute Gasteiger partial charge is 0.416 e. The summed E-state index contributed by atoms with van der Waals surface area (Å²) in [5.74, 6) is -0.340. The number of benzene rings is 2. The lowest BCUT2D eigenvalue weighted by molar-refractivity contribution is -0.384. The highest BCUT2D eigenvalue weighted by molar-refractivity contribution is 5.79.